The van der Waals surface area contributed by atoms with Crippen molar-refractivity contribution in [3.63, 3.8) is 0 Å². The number of fused-ring (bicyclic) bond motifs is 2. The van der Waals surface area contributed by atoms with Crippen LogP contribution in [0.25, 0.3) is 22.1 Å². The average molecular weight is 705 g/mol. The van der Waals surface area contributed by atoms with E-state index in [1.54, 1.807) is 0 Å². The van der Waals surface area contributed by atoms with Crippen LogP contribution in [0.1, 0.15) is 75.9 Å². The topological polar surface area (TPSA) is 171 Å². The van der Waals surface area contributed by atoms with Crippen LogP contribution in [0, 0.1) is 0 Å². The number of aromatic nitrogens is 6. The third kappa shape index (κ3) is 8.42. The highest BCUT2D eigenvalue weighted by Gasteiger charge is 2.24. The van der Waals surface area contributed by atoms with Crippen LogP contribution >= 0.6 is 0 Å². The van der Waals surface area contributed by atoms with Crippen LogP contribution < -0.4 is 21.3 Å². The zero-order valence-corrected chi connectivity index (χ0v) is 30.3. The van der Waals surface area contributed by atoms with Gasteiger partial charge in [-0.25, -0.2) is 19.3 Å². The largest absolute Gasteiger partial charge is 0.381 e. The fourth-order valence-electron chi connectivity index (χ4n) is 6.91. The van der Waals surface area contributed by atoms with E-state index in [4.69, 9.17) is 24.2 Å². The number of nitrogens with zero attached hydrogens (tertiary/aromatic N) is 6. The van der Waals surface area contributed by atoms with E-state index in [1.807, 2.05) is 35.6 Å². The first kappa shape index (κ1) is 36.5. The molecule has 0 atom stereocenters. The minimum atomic E-state index is -0.315. The van der Waals surface area contributed by atoms with Gasteiger partial charge in [0.25, 0.3) is 0 Å². The van der Waals surface area contributed by atoms with E-state index in [0.29, 0.717) is 52.4 Å². The SMILES string of the molecule is CCc1nc2c(cnn2CC)c(NC2CCOCC2)c1CNC(=O)COCC(=O)NCc1c(CC)nc2c(cnn2CC)c1NC1CCOCC1. The van der Waals surface area contributed by atoms with Crippen molar-refractivity contribution in [1.29, 1.82) is 0 Å². The van der Waals surface area contributed by atoms with Gasteiger partial charge in [0.15, 0.2) is 11.3 Å². The van der Waals surface area contributed by atoms with Crippen molar-refractivity contribution in [3.05, 3.63) is 34.9 Å². The number of carbonyl (C=O) groups is 2. The van der Waals surface area contributed by atoms with E-state index >= 15 is 0 Å². The quantitative estimate of drug-likeness (QED) is 0.135. The summed E-state index contributed by atoms with van der Waals surface area (Å²) in [6.45, 7) is 12.5. The first-order valence-corrected chi connectivity index (χ1v) is 18.5. The Labute approximate surface area is 298 Å². The molecule has 6 rings (SSSR count). The van der Waals surface area contributed by atoms with Gasteiger partial charge in [0.05, 0.1) is 34.5 Å². The Balaban J connectivity index is 1.08. The molecular weight excluding hydrogens is 652 g/mol. The van der Waals surface area contributed by atoms with Gasteiger partial charge in [0.2, 0.25) is 11.8 Å². The molecule has 0 radical (unpaired) electrons. The summed E-state index contributed by atoms with van der Waals surface area (Å²) in [5, 5.41) is 24.4. The lowest BCUT2D eigenvalue weighted by atomic mass is 10.0. The van der Waals surface area contributed by atoms with Gasteiger partial charge in [0.1, 0.15) is 13.2 Å². The molecule has 2 amide bonds. The Hall–Kier alpha value is -4.34. The van der Waals surface area contributed by atoms with E-state index in [-0.39, 0.29) is 50.2 Å². The highest BCUT2D eigenvalue weighted by atomic mass is 16.5. The van der Waals surface area contributed by atoms with Crippen molar-refractivity contribution in [3.8, 4) is 0 Å². The van der Waals surface area contributed by atoms with Crippen LogP contribution in [-0.4, -0.2) is 93.1 Å². The standard InChI is InChI=1S/C36H52N10O5/c1-5-29-25(33(41-23-9-13-49-14-10-23)27-19-39-45(7-3)35(27)43-29)17-37-31(47)21-51-22-32(48)38-18-26-30(6-2)44-36-28(20-40-46(36)8-4)34(26)42-24-11-15-50-16-12-24/h19-20,23-24H,5-18,21-22H2,1-4H3,(H,37,47)(H,38,48)(H,41,43)(H,42,44). The predicted molar refractivity (Wildman–Crippen MR) is 195 cm³/mol. The van der Waals surface area contributed by atoms with Gasteiger partial charge in [-0.2, -0.15) is 10.2 Å². The molecule has 0 bridgehead atoms. The first-order valence-electron chi connectivity index (χ1n) is 18.5. The molecule has 2 aliphatic heterocycles. The summed E-state index contributed by atoms with van der Waals surface area (Å²) in [6, 6.07) is 0.508. The fraction of sp³-hybridized carbons (Fsp3) is 0.611. The molecule has 15 nitrogen and oxygen atoms in total. The third-order valence-electron chi connectivity index (χ3n) is 9.74. The second-order valence-corrected chi connectivity index (χ2v) is 13.0. The summed E-state index contributed by atoms with van der Waals surface area (Å²) in [5.41, 5.74) is 7.25. The lowest BCUT2D eigenvalue weighted by Gasteiger charge is -2.26. The maximum atomic E-state index is 13.0. The summed E-state index contributed by atoms with van der Waals surface area (Å²) >= 11 is 0. The van der Waals surface area contributed by atoms with Crippen LogP contribution in [0.5, 0.6) is 0 Å². The number of pyridine rings is 2. The Kier molecular flexibility index (Phi) is 12.3. The zero-order chi connectivity index (χ0) is 35.7. The number of ether oxygens (including phenoxy) is 3. The normalized spacial score (nSPS) is 15.8. The Morgan fingerprint density at radius 1 is 0.706 bits per heavy atom. The smallest absolute Gasteiger partial charge is 0.246 e. The minimum absolute atomic E-state index is 0.248. The molecule has 0 saturated carbocycles. The minimum Gasteiger partial charge on any atom is -0.381 e. The van der Waals surface area contributed by atoms with Crippen molar-refractivity contribution in [2.24, 2.45) is 0 Å². The van der Waals surface area contributed by atoms with E-state index in [0.717, 1.165) is 81.6 Å². The van der Waals surface area contributed by atoms with Gasteiger partial charge in [-0.3, -0.25) is 9.59 Å². The van der Waals surface area contributed by atoms with Crippen LogP contribution in [-0.2, 0) is 62.8 Å². The molecule has 15 heteroatoms. The molecule has 0 aromatic carbocycles. The molecule has 51 heavy (non-hydrogen) atoms. The van der Waals surface area contributed by atoms with Crippen molar-refractivity contribution in [1.82, 2.24) is 40.2 Å². The second kappa shape index (κ2) is 17.2. The molecule has 6 heterocycles. The van der Waals surface area contributed by atoms with Crippen LogP contribution in [0.3, 0.4) is 0 Å². The van der Waals surface area contributed by atoms with Gasteiger partial charge >= 0.3 is 0 Å². The number of carbonyl (C=O) groups excluding carboxylic acids is 2. The summed E-state index contributed by atoms with van der Waals surface area (Å²) in [7, 11) is 0. The zero-order valence-electron chi connectivity index (χ0n) is 30.3. The highest BCUT2D eigenvalue weighted by Crippen LogP contribution is 2.32. The number of rotatable bonds is 16. The molecule has 0 aliphatic carbocycles. The van der Waals surface area contributed by atoms with Crippen molar-refractivity contribution in [2.75, 3.05) is 50.3 Å². The molecule has 2 saturated heterocycles. The number of anilines is 2. The molecule has 276 valence electrons. The lowest BCUT2D eigenvalue weighted by Crippen LogP contribution is -2.33. The van der Waals surface area contributed by atoms with Gasteiger partial charge in [0, 0.05) is 87.2 Å². The number of hydrogen-bond donors (Lipinski definition) is 4. The van der Waals surface area contributed by atoms with E-state index < -0.39 is 0 Å². The number of hydrogen-bond acceptors (Lipinski definition) is 11. The van der Waals surface area contributed by atoms with Gasteiger partial charge in [-0.05, 0) is 52.4 Å². The van der Waals surface area contributed by atoms with Crippen molar-refractivity contribution < 1.29 is 23.8 Å². The predicted octanol–water partition coefficient (Wildman–Crippen LogP) is 3.47. The third-order valence-corrected chi connectivity index (χ3v) is 9.74. The summed E-state index contributed by atoms with van der Waals surface area (Å²) in [6.07, 6.45) is 8.69. The lowest BCUT2D eigenvalue weighted by molar-refractivity contribution is -0.131. The summed E-state index contributed by atoms with van der Waals surface area (Å²) in [5.74, 6) is -0.630. The van der Waals surface area contributed by atoms with Crippen molar-refractivity contribution in [2.45, 2.75) is 104 Å². The molecule has 4 aromatic heterocycles. The average Bonchev–Trinajstić information content (AvgIpc) is 3.78. The monoisotopic (exact) mass is 704 g/mol. The second-order valence-electron chi connectivity index (χ2n) is 13.0. The van der Waals surface area contributed by atoms with Gasteiger partial charge < -0.3 is 35.5 Å². The molecule has 2 fully saturated rings. The van der Waals surface area contributed by atoms with Crippen LogP contribution in [0.2, 0.25) is 0 Å². The Morgan fingerprint density at radius 3 is 1.49 bits per heavy atom. The fourth-order valence-corrected chi connectivity index (χ4v) is 6.91. The summed E-state index contributed by atoms with van der Waals surface area (Å²) in [4.78, 5) is 35.9. The van der Waals surface area contributed by atoms with Crippen LogP contribution in [0.15, 0.2) is 12.4 Å². The Bertz CT molecular complexity index is 1680. The maximum Gasteiger partial charge on any atom is 0.246 e. The van der Waals surface area contributed by atoms with Gasteiger partial charge in [-0.15, -0.1) is 0 Å². The maximum absolute atomic E-state index is 13.0. The first-order chi connectivity index (χ1) is 24.9. The molecule has 2 aliphatic rings. The molecule has 4 aromatic rings. The molecule has 0 unspecified atom stereocenters. The van der Waals surface area contributed by atoms with Crippen molar-refractivity contribution >= 4 is 45.3 Å². The van der Waals surface area contributed by atoms with Crippen LogP contribution in [0.4, 0.5) is 11.4 Å². The van der Waals surface area contributed by atoms with E-state index in [9.17, 15) is 9.59 Å². The van der Waals surface area contributed by atoms with Gasteiger partial charge in [-0.1, -0.05) is 13.8 Å². The number of amides is 2. The molecule has 0 spiro atoms. The Morgan fingerprint density at radius 2 is 1.12 bits per heavy atom. The van der Waals surface area contributed by atoms with E-state index in [2.05, 4.69) is 45.3 Å². The highest BCUT2D eigenvalue weighted by molar-refractivity contribution is 5.93. The number of aryl methyl sites for hydroxylation is 4. The number of nitrogens with one attached hydrogen (secondary N) is 4. The summed E-state index contributed by atoms with van der Waals surface area (Å²) < 4.78 is 20.5. The van der Waals surface area contributed by atoms with E-state index in [1.165, 1.54) is 0 Å². The molecular formula is C36H52N10O5. The molecule has 4 N–H and O–H groups in total.